The van der Waals surface area contributed by atoms with Gasteiger partial charge in [-0.25, -0.2) is 0 Å². The summed E-state index contributed by atoms with van der Waals surface area (Å²) in [5.41, 5.74) is 8.06. The second-order valence-electron chi connectivity index (χ2n) is 5.91. The standard InChI is InChI=1S/C15H24N2O2/c1-11(16)13-6-4-5-7-14(13)17-8-12(9-18)19-15(2,3)10-17/h4-7,11-12,18H,8-10,16H2,1-3H3/t11-,12?/m1/s1. The maximum atomic E-state index is 9.39. The third-order valence-electron chi connectivity index (χ3n) is 3.45. The summed E-state index contributed by atoms with van der Waals surface area (Å²) in [7, 11) is 0. The Kier molecular flexibility index (Phi) is 4.13. The van der Waals surface area contributed by atoms with Crippen molar-refractivity contribution in [3.63, 3.8) is 0 Å². The Morgan fingerprint density at radius 1 is 1.47 bits per heavy atom. The normalized spacial score (nSPS) is 24.3. The Morgan fingerprint density at radius 2 is 2.16 bits per heavy atom. The average molecular weight is 264 g/mol. The largest absolute Gasteiger partial charge is 0.394 e. The molecule has 1 aromatic rings. The Balaban J connectivity index is 2.30. The van der Waals surface area contributed by atoms with Crippen molar-refractivity contribution < 1.29 is 9.84 Å². The van der Waals surface area contributed by atoms with Crippen LogP contribution in [-0.2, 0) is 4.74 Å². The van der Waals surface area contributed by atoms with Crippen molar-refractivity contribution in [1.29, 1.82) is 0 Å². The fraction of sp³-hybridized carbons (Fsp3) is 0.600. The summed E-state index contributed by atoms with van der Waals surface area (Å²) in [4.78, 5) is 2.27. The number of aliphatic hydroxyl groups excluding tert-OH is 1. The highest BCUT2D eigenvalue weighted by Crippen LogP contribution is 2.30. The zero-order chi connectivity index (χ0) is 14.0. The van der Waals surface area contributed by atoms with E-state index in [9.17, 15) is 5.11 Å². The molecule has 0 aliphatic carbocycles. The van der Waals surface area contributed by atoms with Gasteiger partial charge in [-0.3, -0.25) is 0 Å². The highest BCUT2D eigenvalue weighted by atomic mass is 16.5. The Hall–Kier alpha value is -1.10. The van der Waals surface area contributed by atoms with Crippen LogP contribution in [0.15, 0.2) is 24.3 Å². The molecule has 2 atom stereocenters. The third-order valence-corrected chi connectivity index (χ3v) is 3.45. The molecule has 3 N–H and O–H groups in total. The van der Waals surface area contributed by atoms with Crippen molar-refractivity contribution in [2.75, 3.05) is 24.6 Å². The molecular formula is C15H24N2O2. The third kappa shape index (κ3) is 3.26. The van der Waals surface area contributed by atoms with Gasteiger partial charge in [-0.15, -0.1) is 0 Å². The number of hydrogen-bond acceptors (Lipinski definition) is 4. The maximum absolute atomic E-state index is 9.39. The monoisotopic (exact) mass is 264 g/mol. The molecule has 106 valence electrons. The molecule has 0 spiro atoms. The van der Waals surface area contributed by atoms with E-state index in [-0.39, 0.29) is 24.4 Å². The summed E-state index contributed by atoms with van der Waals surface area (Å²) in [5, 5.41) is 9.39. The number of anilines is 1. The molecule has 19 heavy (non-hydrogen) atoms. The summed E-state index contributed by atoms with van der Waals surface area (Å²) in [6.45, 7) is 7.64. The fourth-order valence-corrected chi connectivity index (χ4v) is 2.73. The molecule has 1 fully saturated rings. The molecule has 1 aliphatic heterocycles. The van der Waals surface area contributed by atoms with Crippen LogP contribution in [0.4, 0.5) is 5.69 Å². The smallest absolute Gasteiger partial charge is 0.0988 e. The highest BCUT2D eigenvalue weighted by Gasteiger charge is 2.33. The second kappa shape index (κ2) is 5.49. The van der Waals surface area contributed by atoms with E-state index < -0.39 is 0 Å². The van der Waals surface area contributed by atoms with Crippen molar-refractivity contribution in [1.82, 2.24) is 0 Å². The van der Waals surface area contributed by atoms with Crippen LogP contribution in [0.5, 0.6) is 0 Å². The summed E-state index contributed by atoms with van der Waals surface area (Å²) in [6.07, 6.45) is -0.148. The number of aliphatic hydroxyl groups is 1. The van der Waals surface area contributed by atoms with Crippen molar-refractivity contribution in [3.8, 4) is 0 Å². The molecule has 4 heteroatoms. The highest BCUT2D eigenvalue weighted by molar-refractivity contribution is 5.55. The topological polar surface area (TPSA) is 58.7 Å². The summed E-state index contributed by atoms with van der Waals surface area (Å²) >= 11 is 0. The van der Waals surface area contributed by atoms with Gasteiger partial charge in [-0.1, -0.05) is 18.2 Å². The average Bonchev–Trinajstić information content (AvgIpc) is 2.36. The molecule has 0 aromatic heterocycles. The van der Waals surface area contributed by atoms with Gasteiger partial charge in [0.05, 0.1) is 18.3 Å². The van der Waals surface area contributed by atoms with E-state index in [1.165, 1.54) is 0 Å². The number of benzene rings is 1. The van der Waals surface area contributed by atoms with E-state index in [0.29, 0.717) is 6.54 Å². The van der Waals surface area contributed by atoms with Gasteiger partial charge in [-0.2, -0.15) is 0 Å². The van der Waals surface area contributed by atoms with E-state index in [2.05, 4.69) is 30.9 Å². The van der Waals surface area contributed by atoms with Crippen LogP contribution < -0.4 is 10.6 Å². The fourth-order valence-electron chi connectivity index (χ4n) is 2.73. The first-order valence-electron chi connectivity index (χ1n) is 6.81. The van der Waals surface area contributed by atoms with Crippen molar-refractivity contribution in [2.45, 2.75) is 38.5 Å². The van der Waals surface area contributed by atoms with Gasteiger partial charge in [0.1, 0.15) is 0 Å². The van der Waals surface area contributed by atoms with E-state index in [4.69, 9.17) is 10.5 Å². The van der Waals surface area contributed by atoms with E-state index in [1.54, 1.807) is 0 Å². The number of nitrogens with two attached hydrogens (primary N) is 1. The molecular weight excluding hydrogens is 240 g/mol. The number of hydrogen-bond donors (Lipinski definition) is 2. The minimum atomic E-state index is -0.267. The maximum Gasteiger partial charge on any atom is 0.0988 e. The van der Waals surface area contributed by atoms with Gasteiger partial charge in [0, 0.05) is 24.8 Å². The van der Waals surface area contributed by atoms with Gasteiger partial charge >= 0.3 is 0 Å². The number of ether oxygens (including phenoxy) is 1. The Morgan fingerprint density at radius 3 is 2.79 bits per heavy atom. The van der Waals surface area contributed by atoms with Gasteiger partial charge < -0.3 is 20.5 Å². The first kappa shape index (κ1) is 14.3. The summed E-state index contributed by atoms with van der Waals surface area (Å²) in [6, 6.07) is 8.19. The van der Waals surface area contributed by atoms with Crippen LogP contribution in [0.2, 0.25) is 0 Å². The molecule has 1 aromatic carbocycles. The van der Waals surface area contributed by atoms with E-state index in [1.807, 2.05) is 19.1 Å². The number of rotatable bonds is 3. The Labute approximate surface area is 115 Å². The molecule has 1 aliphatic rings. The molecule has 2 rings (SSSR count). The summed E-state index contributed by atoms with van der Waals surface area (Å²) < 4.78 is 5.85. The first-order chi connectivity index (χ1) is 8.93. The molecule has 0 radical (unpaired) electrons. The number of morpholine rings is 1. The minimum absolute atomic E-state index is 0.00488. The molecule has 0 amide bonds. The van der Waals surface area contributed by atoms with Crippen LogP contribution in [0.25, 0.3) is 0 Å². The molecule has 1 saturated heterocycles. The lowest BCUT2D eigenvalue weighted by atomic mass is 10.0. The van der Waals surface area contributed by atoms with Crippen LogP contribution in [0.3, 0.4) is 0 Å². The first-order valence-corrected chi connectivity index (χ1v) is 6.81. The number of nitrogens with zero attached hydrogens (tertiary/aromatic N) is 1. The van der Waals surface area contributed by atoms with Crippen LogP contribution in [-0.4, -0.2) is 36.5 Å². The SMILES string of the molecule is C[C@@H](N)c1ccccc1N1CC(CO)OC(C)(C)C1. The Bertz CT molecular complexity index is 432. The minimum Gasteiger partial charge on any atom is -0.394 e. The predicted octanol–water partition coefficient (Wildman–Crippen LogP) is 1.68. The van der Waals surface area contributed by atoms with Gasteiger partial charge in [-0.05, 0) is 32.4 Å². The van der Waals surface area contributed by atoms with E-state index >= 15 is 0 Å². The van der Waals surface area contributed by atoms with Gasteiger partial charge in [0.2, 0.25) is 0 Å². The molecule has 1 unspecified atom stereocenters. The van der Waals surface area contributed by atoms with Crippen molar-refractivity contribution >= 4 is 5.69 Å². The van der Waals surface area contributed by atoms with E-state index in [0.717, 1.165) is 17.8 Å². The number of para-hydroxylation sites is 1. The van der Waals surface area contributed by atoms with Gasteiger partial charge in [0.25, 0.3) is 0 Å². The lowest BCUT2D eigenvalue weighted by Gasteiger charge is -2.44. The molecule has 0 saturated carbocycles. The summed E-state index contributed by atoms with van der Waals surface area (Å²) in [5.74, 6) is 0. The molecule has 4 nitrogen and oxygen atoms in total. The molecule has 0 bridgehead atoms. The quantitative estimate of drug-likeness (QED) is 0.872. The zero-order valence-electron chi connectivity index (χ0n) is 12.0. The van der Waals surface area contributed by atoms with Crippen molar-refractivity contribution in [3.05, 3.63) is 29.8 Å². The van der Waals surface area contributed by atoms with Crippen LogP contribution in [0, 0.1) is 0 Å². The lowest BCUT2D eigenvalue weighted by molar-refractivity contribution is -0.101. The second-order valence-corrected chi connectivity index (χ2v) is 5.91. The van der Waals surface area contributed by atoms with Gasteiger partial charge in [0.15, 0.2) is 0 Å². The lowest BCUT2D eigenvalue weighted by Crippen LogP contribution is -2.54. The zero-order valence-corrected chi connectivity index (χ0v) is 12.0. The van der Waals surface area contributed by atoms with Crippen LogP contribution >= 0.6 is 0 Å². The van der Waals surface area contributed by atoms with Crippen molar-refractivity contribution in [2.24, 2.45) is 5.73 Å². The van der Waals surface area contributed by atoms with Crippen LogP contribution in [0.1, 0.15) is 32.4 Å². The molecule has 1 heterocycles. The predicted molar refractivity (Wildman–Crippen MR) is 77.3 cm³/mol.